The second-order valence-electron chi connectivity index (χ2n) is 4.44. The van der Waals surface area contributed by atoms with Gasteiger partial charge in [0, 0.05) is 34.6 Å². The van der Waals surface area contributed by atoms with Crippen LogP contribution in [0.5, 0.6) is 0 Å². The average molecular weight is 371 g/mol. The third-order valence-electron chi connectivity index (χ3n) is 2.58. The van der Waals surface area contributed by atoms with Crippen LogP contribution in [0.15, 0.2) is 39.0 Å². The fraction of sp³-hybridized carbons (Fsp3) is 0.286. The second-order valence-corrected chi connectivity index (χ2v) is 7.35. The van der Waals surface area contributed by atoms with Gasteiger partial charge in [0.25, 0.3) is 0 Å². The Bertz CT molecular complexity index is 598. The summed E-state index contributed by atoms with van der Waals surface area (Å²) in [4.78, 5) is 18.9. The number of carbonyl (C=O) groups excluding carboxylic acids is 1. The zero-order valence-corrected chi connectivity index (χ0v) is 14.5. The van der Waals surface area contributed by atoms with Crippen LogP contribution in [0, 0.1) is 0 Å². The van der Waals surface area contributed by atoms with E-state index in [9.17, 15) is 4.79 Å². The molecule has 0 aliphatic rings. The predicted octanol–water partition coefficient (Wildman–Crippen LogP) is 3.83. The van der Waals surface area contributed by atoms with Crippen molar-refractivity contribution in [1.29, 1.82) is 0 Å². The van der Waals surface area contributed by atoms with Crippen LogP contribution >= 0.6 is 39.0 Å². The number of likely N-dealkylation sites (N-methyl/N-ethyl adjacent to an activating group) is 1. The number of benzene rings is 1. The topological polar surface area (TPSA) is 33.2 Å². The molecule has 1 heterocycles. The molecule has 0 aliphatic carbocycles. The Morgan fingerprint density at radius 2 is 2.25 bits per heavy atom. The first-order chi connectivity index (χ1) is 9.54. The number of amides is 1. The van der Waals surface area contributed by atoms with E-state index in [1.165, 1.54) is 4.90 Å². The van der Waals surface area contributed by atoms with Gasteiger partial charge >= 0.3 is 0 Å². The van der Waals surface area contributed by atoms with Gasteiger partial charge in [0.2, 0.25) is 5.91 Å². The van der Waals surface area contributed by atoms with Gasteiger partial charge in [-0.3, -0.25) is 4.79 Å². The molecule has 106 valence electrons. The van der Waals surface area contributed by atoms with Crippen LogP contribution in [0.1, 0.15) is 10.7 Å². The zero-order chi connectivity index (χ0) is 14.5. The lowest BCUT2D eigenvalue weighted by Crippen LogP contribution is -2.23. The van der Waals surface area contributed by atoms with Crippen molar-refractivity contribution in [2.24, 2.45) is 0 Å². The van der Waals surface area contributed by atoms with Gasteiger partial charge in [-0.2, -0.15) is 0 Å². The molecule has 0 atom stereocenters. The summed E-state index contributed by atoms with van der Waals surface area (Å²) in [5, 5.41) is 2.91. The summed E-state index contributed by atoms with van der Waals surface area (Å²) in [6.07, 6.45) is 0.388. The molecular formula is C14H15BrN2OS2. The van der Waals surface area contributed by atoms with Crippen molar-refractivity contribution in [2.75, 3.05) is 14.1 Å². The minimum atomic E-state index is 0.0885. The Morgan fingerprint density at radius 1 is 1.45 bits per heavy atom. The van der Waals surface area contributed by atoms with E-state index < -0.39 is 0 Å². The first kappa shape index (κ1) is 15.5. The number of carbonyl (C=O) groups is 1. The summed E-state index contributed by atoms with van der Waals surface area (Å²) in [6, 6.07) is 8.21. The summed E-state index contributed by atoms with van der Waals surface area (Å²) >= 11 is 6.76. The van der Waals surface area contributed by atoms with Gasteiger partial charge in [0.1, 0.15) is 5.01 Å². The van der Waals surface area contributed by atoms with Crippen molar-refractivity contribution >= 4 is 44.9 Å². The summed E-state index contributed by atoms with van der Waals surface area (Å²) in [7, 11) is 3.53. The fourth-order valence-electron chi connectivity index (χ4n) is 1.50. The van der Waals surface area contributed by atoms with Gasteiger partial charge in [-0.15, -0.1) is 23.1 Å². The molecule has 0 bridgehead atoms. The number of halogens is 1. The second kappa shape index (κ2) is 7.24. The Balaban J connectivity index is 1.91. The van der Waals surface area contributed by atoms with Crippen molar-refractivity contribution in [3.63, 3.8) is 0 Å². The maximum Gasteiger partial charge on any atom is 0.228 e. The van der Waals surface area contributed by atoms with Crippen molar-refractivity contribution < 1.29 is 4.79 Å². The fourth-order valence-corrected chi connectivity index (χ4v) is 3.79. The quantitative estimate of drug-likeness (QED) is 0.749. The standard InChI is InChI=1S/C14H15BrN2OS2/c1-17(2)14(18)7-13-16-11(9-20-13)8-19-12-5-3-4-10(15)6-12/h3-6,9H,7-8H2,1-2H3. The van der Waals surface area contributed by atoms with Crippen LogP contribution in [0.25, 0.3) is 0 Å². The van der Waals surface area contributed by atoms with Crippen LogP contribution < -0.4 is 0 Å². The molecular weight excluding hydrogens is 356 g/mol. The number of rotatable bonds is 5. The number of thioether (sulfide) groups is 1. The number of aromatic nitrogens is 1. The summed E-state index contributed by atoms with van der Waals surface area (Å²) in [5.41, 5.74) is 1.03. The molecule has 6 heteroatoms. The molecule has 0 radical (unpaired) electrons. The highest BCUT2D eigenvalue weighted by atomic mass is 79.9. The maximum absolute atomic E-state index is 11.6. The number of nitrogens with zero attached hydrogens (tertiary/aromatic N) is 2. The van der Waals surface area contributed by atoms with Crippen LogP contribution in [0.4, 0.5) is 0 Å². The lowest BCUT2D eigenvalue weighted by atomic mass is 10.4. The Kier molecular flexibility index (Phi) is 5.63. The maximum atomic E-state index is 11.6. The van der Waals surface area contributed by atoms with E-state index in [0.717, 1.165) is 20.9 Å². The van der Waals surface area contributed by atoms with E-state index in [0.29, 0.717) is 6.42 Å². The Hall–Kier alpha value is -0.850. The minimum absolute atomic E-state index is 0.0885. The van der Waals surface area contributed by atoms with Crippen LogP contribution in [0.2, 0.25) is 0 Å². The molecule has 0 saturated carbocycles. The predicted molar refractivity (Wildman–Crippen MR) is 88.2 cm³/mol. The first-order valence-corrected chi connectivity index (χ1v) is 8.72. The van der Waals surface area contributed by atoms with E-state index in [1.807, 2.05) is 17.5 Å². The highest BCUT2D eigenvalue weighted by molar-refractivity contribution is 9.10. The Morgan fingerprint density at radius 3 is 2.95 bits per heavy atom. The average Bonchev–Trinajstić information content (AvgIpc) is 2.84. The largest absolute Gasteiger partial charge is 0.348 e. The molecule has 1 aromatic carbocycles. The van der Waals surface area contributed by atoms with Crippen molar-refractivity contribution in [1.82, 2.24) is 9.88 Å². The Labute approximate surface area is 135 Å². The van der Waals surface area contributed by atoms with E-state index in [-0.39, 0.29) is 5.91 Å². The SMILES string of the molecule is CN(C)C(=O)Cc1nc(CSc2cccc(Br)c2)cs1. The molecule has 0 N–H and O–H groups in total. The molecule has 1 amide bonds. The molecule has 0 aliphatic heterocycles. The third kappa shape index (κ3) is 4.61. The molecule has 0 fully saturated rings. The lowest BCUT2D eigenvalue weighted by molar-refractivity contribution is -0.127. The van der Waals surface area contributed by atoms with E-state index in [2.05, 4.69) is 33.0 Å². The summed E-state index contributed by atoms with van der Waals surface area (Å²) < 4.78 is 1.08. The van der Waals surface area contributed by atoms with Gasteiger partial charge in [0.05, 0.1) is 12.1 Å². The molecule has 3 nitrogen and oxygen atoms in total. The highest BCUT2D eigenvalue weighted by Gasteiger charge is 2.09. The molecule has 2 aromatic rings. The summed E-state index contributed by atoms with van der Waals surface area (Å²) in [6.45, 7) is 0. The van der Waals surface area contributed by atoms with Crippen molar-refractivity contribution in [2.45, 2.75) is 17.1 Å². The first-order valence-electron chi connectivity index (χ1n) is 6.06. The van der Waals surface area contributed by atoms with Crippen LogP contribution in [-0.2, 0) is 17.0 Å². The van der Waals surface area contributed by atoms with E-state index >= 15 is 0 Å². The smallest absolute Gasteiger partial charge is 0.228 e. The molecule has 0 unspecified atom stereocenters. The number of thiazole rings is 1. The molecule has 0 saturated heterocycles. The van der Waals surface area contributed by atoms with E-state index in [1.54, 1.807) is 42.1 Å². The van der Waals surface area contributed by atoms with Gasteiger partial charge in [-0.1, -0.05) is 22.0 Å². The zero-order valence-electron chi connectivity index (χ0n) is 11.3. The van der Waals surface area contributed by atoms with Gasteiger partial charge in [-0.05, 0) is 18.2 Å². The summed E-state index contributed by atoms with van der Waals surface area (Å²) in [5.74, 6) is 0.911. The van der Waals surface area contributed by atoms with Crippen LogP contribution in [-0.4, -0.2) is 29.9 Å². The highest BCUT2D eigenvalue weighted by Crippen LogP contribution is 2.26. The normalized spacial score (nSPS) is 10.6. The number of hydrogen-bond donors (Lipinski definition) is 0. The van der Waals surface area contributed by atoms with Crippen molar-refractivity contribution in [3.05, 3.63) is 44.8 Å². The number of hydrogen-bond acceptors (Lipinski definition) is 4. The lowest BCUT2D eigenvalue weighted by Gasteiger charge is -2.07. The van der Waals surface area contributed by atoms with Gasteiger partial charge in [-0.25, -0.2) is 4.98 Å². The third-order valence-corrected chi connectivity index (χ3v) is 5.00. The van der Waals surface area contributed by atoms with Crippen molar-refractivity contribution in [3.8, 4) is 0 Å². The molecule has 0 spiro atoms. The van der Waals surface area contributed by atoms with E-state index in [4.69, 9.17) is 0 Å². The molecule has 2 rings (SSSR count). The van der Waals surface area contributed by atoms with Gasteiger partial charge < -0.3 is 4.90 Å². The molecule has 20 heavy (non-hydrogen) atoms. The van der Waals surface area contributed by atoms with Crippen LogP contribution in [0.3, 0.4) is 0 Å². The minimum Gasteiger partial charge on any atom is -0.348 e. The monoisotopic (exact) mass is 370 g/mol. The van der Waals surface area contributed by atoms with Gasteiger partial charge in [0.15, 0.2) is 0 Å². The molecule has 1 aromatic heterocycles.